The number of hydrogen-bond donors (Lipinski definition) is 1. The van der Waals surface area contributed by atoms with Crippen molar-refractivity contribution in [3.05, 3.63) is 0 Å². The summed E-state index contributed by atoms with van der Waals surface area (Å²) in [6.07, 6.45) is 6.49. The van der Waals surface area contributed by atoms with E-state index >= 15 is 0 Å². The molecule has 2 aliphatic rings. The molecule has 3 nitrogen and oxygen atoms in total. The lowest BCUT2D eigenvalue weighted by atomic mass is 10.1. The molecule has 0 aliphatic heterocycles. The van der Waals surface area contributed by atoms with Gasteiger partial charge in [0.2, 0.25) is 5.91 Å². The Hall–Kier alpha value is -0.570. The van der Waals surface area contributed by atoms with Crippen molar-refractivity contribution in [3.8, 4) is 0 Å². The van der Waals surface area contributed by atoms with Crippen molar-refractivity contribution in [2.75, 3.05) is 0 Å². The van der Waals surface area contributed by atoms with Crippen LogP contribution < -0.4 is 5.73 Å². The summed E-state index contributed by atoms with van der Waals surface area (Å²) in [6.45, 7) is 4.19. The van der Waals surface area contributed by atoms with Crippen LogP contribution in [0.2, 0.25) is 0 Å². The average molecular weight is 224 g/mol. The second-order valence-electron chi connectivity index (χ2n) is 5.63. The van der Waals surface area contributed by atoms with Gasteiger partial charge in [0.1, 0.15) is 0 Å². The molecule has 3 heteroatoms. The molecule has 0 spiro atoms. The van der Waals surface area contributed by atoms with Crippen LogP contribution in [0, 0.1) is 5.92 Å². The average Bonchev–Trinajstić information content (AvgIpc) is 3.04. The Labute approximate surface area is 98.4 Å². The number of carbonyl (C=O) groups excluding carboxylic acids is 1. The van der Waals surface area contributed by atoms with E-state index < -0.39 is 0 Å². The van der Waals surface area contributed by atoms with Crippen molar-refractivity contribution in [1.82, 2.24) is 4.90 Å². The van der Waals surface area contributed by atoms with Gasteiger partial charge in [-0.05, 0) is 51.9 Å². The highest BCUT2D eigenvalue weighted by atomic mass is 16.2. The fraction of sp³-hybridized carbons (Fsp3) is 0.923. The molecule has 0 aromatic carbocycles. The normalized spacial score (nSPS) is 23.9. The predicted octanol–water partition coefficient (Wildman–Crippen LogP) is 1.90. The molecule has 1 amide bonds. The Balaban J connectivity index is 1.87. The van der Waals surface area contributed by atoms with E-state index in [9.17, 15) is 4.79 Å². The SMILES string of the molecule is CC(N)CCC(=O)N(C1CC1)C(C)C1CC1. The van der Waals surface area contributed by atoms with Gasteiger partial charge in [0.15, 0.2) is 0 Å². The first kappa shape index (κ1) is 11.9. The second-order valence-corrected chi connectivity index (χ2v) is 5.63. The van der Waals surface area contributed by atoms with Gasteiger partial charge in [-0.2, -0.15) is 0 Å². The van der Waals surface area contributed by atoms with Gasteiger partial charge < -0.3 is 10.6 Å². The van der Waals surface area contributed by atoms with E-state index in [0.29, 0.717) is 24.4 Å². The van der Waals surface area contributed by atoms with Crippen LogP contribution in [0.25, 0.3) is 0 Å². The summed E-state index contributed by atoms with van der Waals surface area (Å²) >= 11 is 0. The summed E-state index contributed by atoms with van der Waals surface area (Å²) in [4.78, 5) is 14.3. The molecule has 2 saturated carbocycles. The fourth-order valence-electron chi connectivity index (χ4n) is 2.40. The second kappa shape index (κ2) is 4.74. The van der Waals surface area contributed by atoms with Gasteiger partial charge in [0.25, 0.3) is 0 Å². The van der Waals surface area contributed by atoms with E-state index in [4.69, 9.17) is 5.73 Å². The van der Waals surface area contributed by atoms with Crippen molar-refractivity contribution in [3.63, 3.8) is 0 Å². The van der Waals surface area contributed by atoms with Gasteiger partial charge in [0.05, 0.1) is 0 Å². The number of carbonyl (C=O) groups is 1. The quantitative estimate of drug-likeness (QED) is 0.749. The Morgan fingerprint density at radius 3 is 2.38 bits per heavy atom. The van der Waals surface area contributed by atoms with E-state index in [0.717, 1.165) is 12.3 Å². The smallest absolute Gasteiger partial charge is 0.223 e. The first-order valence-electron chi connectivity index (χ1n) is 6.66. The first-order valence-corrected chi connectivity index (χ1v) is 6.66. The van der Waals surface area contributed by atoms with Gasteiger partial charge >= 0.3 is 0 Å². The van der Waals surface area contributed by atoms with Crippen molar-refractivity contribution in [2.24, 2.45) is 11.7 Å². The molecule has 2 N–H and O–H groups in total. The monoisotopic (exact) mass is 224 g/mol. The molecular formula is C13H24N2O. The van der Waals surface area contributed by atoms with Crippen LogP contribution in [0.3, 0.4) is 0 Å². The molecular weight excluding hydrogens is 200 g/mol. The molecule has 92 valence electrons. The number of nitrogens with zero attached hydrogens (tertiary/aromatic N) is 1. The molecule has 0 aromatic heterocycles. The highest BCUT2D eigenvalue weighted by Crippen LogP contribution is 2.40. The van der Waals surface area contributed by atoms with E-state index in [1.807, 2.05) is 6.92 Å². The zero-order chi connectivity index (χ0) is 11.7. The van der Waals surface area contributed by atoms with Gasteiger partial charge in [-0.1, -0.05) is 0 Å². The summed E-state index contributed by atoms with van der Waals surface area (Å²) in [5, 5.41) is 0. The summed E-state index contributed by atoms with van der Waals surface area (Å²) in [5.41, 5.74) is 5.71. The van der Waals surface area contributed by atoms with E-state index in [-0.39, 0.29) is 6.04 Å². The van der Waals surface area contributed by atoms with E-state index in [1.165, 1.54) is 25.7 Å². The van der Waals surface area contributed by atoms with Crippen LogP contribution in [-0.4, -0.2) is 28.9 Å². The molecule has 0 bridgehead atoms. The van der Waals surface area contributed by atoms with Crippen LogP contribution >= 0.6 is 0 Å². The van der Waals surface area contributed by atoms with Crippen molar-refractivity contribution >= 4 is 5.91 Å². The van der Waals surface area contributed by atoms with Crippen LogP contribution in [0.15, 0.2) is 0 Å². The maximum absolute atomic E-state index is 12.2. The molecule has 2 atom stereocenters. The number of nitrogens with two attached hydrogens (primary N) is 1. The molecule has 2 unspecified atom stereocenters. The van der Waals surface area contributed by atoms with Crippen LogP contribution in [0.5, 0.6) is 0 Å². The lowest BCUT2D eigenvalue weighted by Gasteiger charge is -2.30. The minimum atomic E-state index is 0.140. The molecule has 0 aromatic rings. The highest BCUT2D eigenvalue weighted by molar-refractivity contribution is 5.77. The zero-order valence-corrected chi connectivity index (χ0v) is 10.5. The largest absolute Gasteiger partial charge is 0.337 e. The zero-order valence-electron chi connectivity index (χ0n) is 10.5. The standard InChI is InChI=1S/C13H24N2O/c1-9(14)3-8-13(16)15(12-6-7-12)10(2)11-4-5-11/h9-12H,3-8,14H2,1-2H3. The molecule has 2 fully saturated rings. The Morgan fingerprint density at radius 2 is 1.94 bits per heavy atom. The van der Waals surface area contributed by atoms with Gasteiger partial charge in [0, 0.05) is 24.5 Å². The third-order valence-corrected chi connectivity index (χ3v) is 3.78. The van der Waals surface area contributed by atoms with Crippen LogP contribution in [-0.2, 0) is 4.79 Å². The Morgan fingerprint density at radius 1 is 1.31 bits per heavy atom. The molecule has 0 saturated heterocycles. The number of hydrogen-bond acceptors (Lipinski definition) is 2. The van der Waals surface area contributed by atoms with E-state index in [1.54, 1.807) is 0 Å². The minimum Gasteiger partial charge on any atom is -0.337 e. The minimum absolute atomic E-state index is 0.140. The topological polar surface area (TPSA) is 46.3 Å². The summed E-state index contributed by atoms with van der Waals surface area (Å²) in [7, 11) is 0. The fourth-order valence-corrected chi connectivity index (χ4v) is 2.40. The van der Waals surface area contributed by atoms with Crippen molar-refractivity contribution in [2.45, 2.75) is 70.5 Å². The third-order valence-electron chi connectivity index (χ3n) is 3.78. The predicted molar refractivity (Wildman–Crippen MR) is 64.9 cm³/mol. The number of amides is 1. The molecule has 0 radical (unpaired) electrons. The maximum Gasteiger partial charge on any atom is 0.223 e. The number of rotatable bonds is 6. The summed E-state index contributed by atoms with van der Waals surface area (Å²) < 4.78 is 0. The summed E-state index contributed by atoms with van der Waals surface area (Å²) in [5.74, 6) is 1.11. The van der Waals surface area contributed by atoms with Gasteiger partial charge in [-0.15, -0.1) is 0 Å². The molecule has 16 heavy (non-hydrogen) atoms. The van der Waals surface area contributed by atoms with Crippen LogP contribution in [0.4, 0.5) is 0 Å². The van der Waals surface area contributed by atoms with E-state index in [2.05, 4.69) is 11.8 Å². The maximum atomic E-state index is 12.2. The van der Waals surface area contributed by atoms with Crippen LogP contribution in [0.1, 0.15) is 52.4 Å². The molecule has 2 aliphatic carbocycles. The lowest BCUT2D eigenvalue weighted by molar-refractivity contribution is -0.134. The lowest BCUT2D eigenvalue weighted by Crippen LogP contribution is -2.42. The first-order chi connectivity index (χ1) is 7.59. The van der Waals surface area contributed by atoms with Gasteiger partial charge in [-0.25, -0.2) is 0 Å². The summed E-state index contributed by atoms with van der Waals surface area (Å²) in [6, 6.07) is 1.16. The molecule has 0 heterocycles. The third kappa shape index (κ3) is 2.97. The highest BCUT2D eigenvalue weighted by Gasteiger charge is 2.41. The Bertz CT molecular complexity index is 257. The molecule has 2 rings (SSSR count). The van der Waals surface area contributed by atoms with Crippen molar-refractivity contribution in [1.29, 1.82) is 0 Å². The van der Waals surface area contributed by atoms with Crippen molar-refractivity contribution < 1.29 is 4.79 Å². The van der Waals surface area contributed by atoms with Gasteiger partial charge in [-0.3, -0.25) is 4.79 Å². The Kier molecular flexibility index (Phi) is 3.53.